The highest BCUT2D eigenvalue weighted by Crippen LogP contribution is 2.21. The minimum atomic E-state index is -0.126. The van der Waals surface area contributed by atoms with E-state index < -0.39 is 0 Å². The Bertz CT molecular complexity index is 365. The molecule has 0 spiro atoms. The Hall–Kier alpha value is -1.05. The largest absolute Gasteiger partial charge is 0.380 e. The van der Waals surface area contributed by atoms with Crippen molar-refractivity contribution in [3.63, 3.8) is 0 Å². The van der Waals surface area contributed by atoms with Gasteiger partial charge in [0.2, 0.25) is 0 Å². The number of halogens is 1. The second-order valence-electron chi connectivity index (χ2n) is 6.08. The van der Waals surface area contributed by atoms with E-state index in [-0.39, 0.29) is 5.82 Å². The van der Waals surface area contributed by atoms with E-state index in [1.807, 2.05) is 12.1 Å². The molecule has 20 heavy (non-hydrogen) atoms. The Balaban J connectivity index is 1.87. The van der Waals surface area contributed by atoms with E-state index in [1.165, 1.54) is 76.7 Å². The van der Waals surface area contributed by atoms with Crippen LogP contribution in [-0.2, 0) is 0 Å². The lowest BCUT2D eigenvalue weighted by atomic mass is 9.98. The van der Waals surface area contributed by atoms with Crippen molar-refractivity contribution < 1.29 is 4.39 Å². The van der Waals surface area contributed by atoms with E-state index in [4.69, 9.17) is 0 Å². The lowest BCUT2D eigenvalue weighted by molar-refractivity contribution is 0.478. The Kier molecular flexibility index (Phi) is 6.90. The van der Waals surface area contributed by atoms with Crippen molar-refractivity contribution in [1.29, 1.82) is 0 Å². The van der Waals surface area contributed by atoms with Crippen LogP contribution in [0.4, 0.5) is 10.1 Å². The first-order chi connectivity index (χ1) is 9.86. The molecule has 0 atom stereocenters. The van der Waals surface area contributed by atoms with Crippen LogP contribution in [0.2, 0.25) is 0 Å². The predicted molar refractivity (Wildman–Crippen MR) is 84.6 cm³/mol. The van der Waals surface area contributed by atoms with Gasteiger partial charge in [-0.1, -0.05) is 69.9 Å². The van der Waals surface area contributed by atoms with Gasteiger partial charge in [-0.25, -0.2) is 4.39 Å². The van der Waals surface area contributed by atoms with Gasteiger partial charge in [0.05, 0.1) is 5.69 Å². The molecule has 0 amide bonds. The fourth-order valence-corrected chi connectivity index (χ4v) is 3.11. The minimum absolute atomic E-state index is 0.126. The molecule has 2 heteroatoms. The van der Waals surface area contributed by atoms with Gasteiger partial charge in [-0.3, -0.25) is 0 Å². The fourth-order valence-electron chi connectivity index (χ4n) is 3.11. The number of hydrogen-bond donors (Lipinski definition) is 1. The molecule has 0 aliphatic heterocycles. The van der Waals surface area contributed by atoms with Crippen LogP contribution in [-0.4, -0.2) is 6.04 Å². The van der Waals surface area contributed by atoms with Crippen LogP contribution in [0.3, 0.4) is 0 Å². The first-order valence-electron chi connectivity index (χ1n) is 8.37. The summed E-state index contributed by atoms with van der Waals surface area (Å²) in [7, 11) is 0. The Morgan fingerprint density at radius 2 is 1.25 bits per heavy atom. The van der Waals surface area contributed by atoms with Gasteiger partial charge in [0.1, 0.15) is 5.82 Å². The maximum absolute atomic E-state index is 13.7. The summed E-state index contributed by atoms with van der Waals surface area (Å²) in [6, 6.07) is 7.48. The number of benzene rings is 1. The predicted octanol–water partition coefficient (Wildman–Crippen LogP) is 5.91. The molecule has 0 saturated heterocycles. The molecule has 112 valence electrons. The normalized spacial score (nSPS) is 19.9. The summed E-state index contributed by atoms with van der Waals surface area (Å²) in [5.41, 5.74) is 0.671. The van der Waals surface area contributed by atoms with Crippen molar-refractivity contribution in [3.05, 3.63) is 30.1 Å². The molecule has 0 unspecified atom stereocenters. The van der Waals surface area contributed by atoms with Gasteiger partial charge in [-0.05, 0) is 25.0 Å². The summed E-state index contributed by atoms with van der Waals surface area (Å²) in [4.78, 5) is 0. The average Bonchev–Trinajstić information content (AvgIpc) is 2.44. The second-order valence-corrected chi connectivity index (χ2v) is 6.08. The topological polar surface area (TPSA) is 12.0 Å². The Morgan fingerprint density at radius 1 is 0.750 bits per heavy atom. The van der Waals surface area contributed by atoms with Crippen LogP contribution < -0.4 is 5.32 Å². The quantitative estimate of drug-likeness (QED) is 0.708. The van der Waals surface area contributed by atoms with Crippen molar-refractivity contribution >= 4 is 5.69 Å². The van der Waals surface area contributed by atoms with Crippen LogP contribution in [0.1, 0.15) is 70.6 Å². The summed E-state index contributed by atoms with van der Waals surface area (Å²) in [6.07, 6.45) is 14.5. The van der Waals surface area contributed by atoms with Crippen molar-refractivity contribution in [1.82, 2.24) is 0 Å². The molecule has 1 aliphatic rings. The van der Waals surface area contributed by atoms with Crippen molar-refractivity contribution in [2.45, 2.75) is 76.7 Å². The molecule has 1 nitrogen and oxygen atoms in total. The zero-order valence-corrected chi connectivity index (χ0v) is 12.5. The minimum Gasteiger partial charge on any atom is -0.380 e. The van der Waals surface area contributed by atoms with Gasteiger partial charge >= 0.3 is 0 Å². The highest BCUT2D eigenvalue weighted by atomic mass is 19.1. The lowest BCUT2D eigenvalue weighted by Crippen LogP contribution is -2.20. The maximum atomic E-state index is 13.7. The van der Waals surface area contributed by atoms with Gasteiger partial charge in [-0.15, -0.1) is 0 Å². The summed E-state index contributed by atoms with van der Waals surface area (Å²) in [6.45, 7) is 0. The standard InChI is InChI=1S/C18H28FN/c19-17-14-10-11-15-18(17)20-16-12-8-6-4-2-1-3-5-7-9-13-16/h10-11,14-16,20H,1-9,12-13H2. The molecule has 0 bridgehead atoms. The van der Waals surface area contributed by atoms with E-state index in [2.05, 4.69) is 5.32 Å². The van der Waals surface area contributed by atoms with Crippen LogP contribution in [0, 0.1) is 5.82 Å². The van der Waals surface area contributed by atoms with Crippen molar-refractivity contribution in [3.8, 4) is 0 Å². The van der Waals surface area contributed by atoms with Crippen LogP contribution >= 0.6 is 0 Å². The van der Waals surface area contributed by atoms with E-state index in [0.29, 0.717) is 11.7 Å². The SMILES string of the molecule is Fc1ccccc1NC1CCCCCCCCCCC1. The Labute approximate surface area is 123 Å². The smallest absolute Gasteiger partial charge is 0.146 e. The third-order valence-electron chi connectivity index (χ3n) is 4.34. The molecule has 0 heterocycles. The molecule has 1 fully saturated rings. The lowest BCUT2D eigenvalue weighted by Gasteiger charge is -2.21. The molecule has 0 radical (unpaired) electrons. The zero-order valence-electron chi connectivity index (χ0n) is 12.5. The summed E-state index contributed by atoms with van der Waals surface area (Å²) in [5, 5.41) is 3.43. The number of hydrogen-bond acceptors (Lipinski definition) is 1. The molecular formula is C18H28FN. The first kappa shape index (κ1) is 15.3. The number of rotatable bonds is 2. The molecule has 1 aromatic carbocycles. The van der Waals surface area contributed by atoms with Crippen LogP contribution in [0.15, 0.2) is 24.3 Å². The Morgan fingerprint density at radius 3 is 1.80 bits per heavy atom. The molecule has 1 aliphatic carbocycles. The van der Waals surface area contributed by atoms with Gasteiger partial charge in [0.25, 0.3) is 0 Å². The second kappa shape index (κ2) is 8.99. The zero-order chi connectivity index (χ0) is 14.0. The summed E-state index contributed by atoms with van der Waals surface area (Å²) >= 11 is 0. The van der Waals surface area contributed by atoms with E-state index in [1.54, 1.807) is 6.07 Å². The number of anilines is 1. The molecule has 1 saturated carbocycles. The van der Waals surface area contributed by atoms with Crippen LogP contribution in [0.5, 0.6) is 0 Å². The average molecular weight is 277 g/mol. The van der Waals surface area contributed by atoms with E-state index in [9.17, 15) is 4.39 Å². The molecule has 0 aromatic heterocycles. The van der Waals surface area contributed by atoms with Crippen molar-refractivity contribution in [2.75, 3.05) is 5.32 Å². The van der Waals surface area contributed by atoms with Gasteiger partial charge in [-0.2, -0.15) is 0 Å². The third kappa shape index (κ3) is 5.52. The third-order valence-corrected chi connectivity index (χ3v) is 4.34. The fraction of sp³-hybridized carbons (Fsp3) is 0.667. The summed E-state index contributed by atoms with van der Waals surface area (Å²) < 4.78 is 13.7. The van der Waals surface area contributed by atoms with Crippen molar-refractivity contribution in [2.24, 2.45) is 0 Å². The monoisotopic (exact) mass is 277 g/mol. The first-order valence-corrected chi connectivity index (χ1v) is 8.37. The molecule has 2 rings (SSSR count). The molecule has 1 N–H and O–H groups in total. The molecular weight excluding hydrogens is 249 g/mol. The highest BCUT2D eigenvalue weighted by Gasteiger charge is 2.11. The van der Waals surface area contributed by atoms with E-state index in [0.717, 1.165) is 0 Å². The van der Waals surface area contributed by atoms with Crippen LogP contribution in [0.25, 0.3) is 0 Å². The van der Waals surface area contributed by atoms with E-state index >= 15 is 0 Å². The highest BCUT2D eigenvalue weighted by molar-refractivity contribution is 5.45. The van der Waals surface area contributed by atoms with Gasteiger partial charge in [0, 0.05) is 6.04 Å². The van der Waals surface area contributed by atoms with Gasteiger partial charge in [0.15, 0.2) is 0 Å². The number of para-hydroxylation sites is 1. The summed E-state index contributed by atoms with van der Waals surface area (Å²) in [5.74, 6) is -0.126. The molecule has 1 aromatic rings. The maximum Gasteiger partial charge on any atom is 0.146 e. The van der Waals surface area contributed by atoms with Gasteiger partial charge < -0.3 is 5.32 Å². The number of nitrogens with one attached hydrogen (secondary N) is 1.